The van der Waals surface area contributed by atoms with Gasteiger partial charge in [0.25, 0.3) is 5.91 Å². The molecule has 0 bridgehead atoms. The first-order valence-corrected chi connectivity index (χ1v) is 5.99. The molecule has 17 heavy (non-hydrogen) atoms. The van der Waals surface area contributed by atoms with Crippen LogP contribution in [0.3, 0.4) is 0 Å². The molecule has 0 radical (unpaired) electrons. The summed E-state index contributed by atoms with van der Waals surface area (Å²) in [6.45, 7) is 1.89. The van der Waals surface area contributed by atoms with E-state index in [1.165, 1.54) is 0 Å². The minimum Gasteiger partial charge on any atom is -0.397 e. The summed E-state index contributed by atoms with van der Waals surface area (Å²) in [5, 5.41) is 3.39. The Morgan fingerprint density at radius 1 is 1.59 bits per heavy atom. The van der Waals surface area contributed by atoms with Gasteiger partial charge in [0, 0.05) is 12.6 Å². The van der Waals surface area contributed by atoms with E-state index < -0.39 is 0 Å². The fourth-order valence-electron chi connectivity index (χ4n) is 2.05. The van der Waals surface area contributed by atoms with Gasteiger partial charge in [0.15, 0.2) is 0 Å². The van der Waals surface area contributed by atoms with Crippen molar-refractivity contribution in [1.82, 2.24) is 10.2 Å². The highest BCUT2D eigenvalue weighted by Crippen LogP contribution is 2.22. The number of hydrogen-bond donors (Lipinski definition) is 2. The molecule has 1 saturated heterocycles. The smallest absolute Gasteiger partial charge is 0.253 e. The van der Waals surface area contributed by atoms with Crippen LogP contribution in [-0.4, -0.2) is 37.0 Å². The van der Waals surface area contributed by atoms with Gasteiger partial charge in [-0.2, -0.15) is 0 Å². The van der Waals surface area contributed by atoms with E-state index in [1.807, 2.05) is 7.05 Å². The molecule has 5 heteroatoms. The Bertz CT molecular complexity index is 436. The zero-order valence-electron chi connectivity index (χ0n) is 9.74. The van der Waals surface area contributed by atoms with Crippen LogP contribution in [0.25, 0.3) is 0 Å². The van der Waals surface area contributed by atoms with Gasteiger partial charge in [-0.3, -0.25) is 4.79 Å². The highest BCUT2D eigenvalue weighted by Gasteiger charge is 2.22. The van der Waals surface area contributed by atoms with Crippen LogP contribution in [0, 0.1) is 0 Å². The van der Waals surface area contributed by atoms with Gasteiger partial charge < -0.3 is 16.0 Å². The highest BCUT2D eigenvalue weighted by atomic mass is 35.5. The standard InChI is InChI=1S/C12H16ClN3O/c1-16-6-5-8(7-16)15-12(17)9-3-2-4-10(13)11(9)14/h2-4,8H,5-7,14H2,1H3,(H,15,17). The topological polar surface area (TPSA) is 58.4 Å². The number of anilines is 1. The number of rotatable bonds is 2. The average Bonchev–Trinajstić information content (AvgIpc) is 2.68. The van der Waals surface area contributed by atoms with Crippen molar-refractivity contribution in [3.63, 3.8) is 0 Å². The molecular weight excluding hydrogens is 238 g/mol. The van der Waals surface area contributed by atoms with Crippen molar-refractivity contribution in [2.24, 2.45) is 0 Å². The zero-order valence-corrected chi connectivity index (χ0v) is 10.5. The van der Waals surface area contributed by atoms with Crippen LogP contribution in [0.4, 0.5) is 5.69 Å². The molecule has 4 nitrogen and oxygen atoms in total. The quantitative estimate of drug-likeness (QED) is 0.783. The fourth-order valence-corrected chi connectivity index (χ4v) is 2.23. The molecular formula is C12H16ClN3O. The third-order valence-electron chi connectivity index (χ3n) is 3.02. The minimum absolute atomic E-state index is 0.148. The zero-order chi connectivity index (χ0) is 12.4. The van der Waals surface area contributed by atoms with E-state index in [0.717, 1.165) is 19.5 Å². The Balaban J connectivity index is 2.07. The number of nitrogens with two attached hydrogens (primary N) is 1. The number of likely N-dealkylation sites (tertiary alicyclic amines) is 1. The van der Waals surface area contributed by atoms with Gasteiger partial charge >= 0.3 is 0 Å². The van der Waals surface area contributed by atoms with E-state index in [4.69, 9.17) is 17.3 Å². The number of amides is 1. The number of halogens is 1. The molecule has 0 spiro atoms. The van der Waals surface area contributed by atoms with Crippen LogP contribution in [0.15, 0.2) is 18.2 Å². The van der Waals surface area contributed by atoms with Gasteiger partial charge in [-0.05, 0) is 32.1 Å². The number of carbonyl (C=O) groups is 1. The van der Waals surface area contributed by atoms with Crippen molar-refractivity contribution < 1.29 is 4.79 Å². The molecule has 1 atom stereocenters. The summed E-state index contributed by atoms with van der Waals surface area (Å²) in [6.07, 6.45) is 0.975. The molecule has 0 saturated carbocycles. The molecule has 1 aliphatic rings. The monoisotopic (exact) mass is 253 g/mol. The number of nitrogens with zero attached hydrogens (tertiary/aromatic N) is 1. The first-order valence-electron chi connectivity index (χ1n) is 5.61. The molecule has 1 aromatic rings. The maximum absolute atomic E-state index is 12.0. The minimum atomic E-state index is -0.148. The fraction of sp³-hybridized carbons (Fsp3) is 0.417. The van der Waals surface area contributed by atoms with Crippen LogP contribution >= 0.6 is 11.6 Å². The largest absolute Gasteiger partial charge is 0.397 e. The Kier molecular flexibility index (Phi) is 3.54. The molecule has 1 aromatic carbocycles. The van der Waals surface area contributed by atoms with Crippen LogP contribution in [0.1, 0.15) is 16.8 Å². The van der Waals surface area contributed by atoms with Crippen molar-refractivity contribution in [3.05, 3.63) is 28.8 Å². The molecule has 1 fully saturated rings. The third kappa shape index (κ3) is 2.70. The van der Waals surface area contributed by atoms with Crippen molar-refractivity contribution in [1.29, 1.82) is 0 Å². The number of carbonyl (C=O) groups excluding carboxylic acids is 1. The molecule has 0 aromatic heterocycles. The van der Waals surface area contributed by atoms with E-state index in [-0.39, 0.29) is 11.9 Å². The highest BCUT2D eigenvalue weighted by molar-refractivity contribution is 6.33. The number of para-hydroxylation sites is 1. The summed E-state index contributed by atoms with van der Waals surface area (Å²) >= 11 is 5.88. The average molecular weight is 254 g/mol. The number of likely N-dealkylation sites (N-methyl/N-ethyl adjacent to an activating group) is 1. The van der Waals surface area contributed by atoms with Crippen molar-refractivity contribution >= 4 is 23.2 Å². The Morgan fingerprint density at radius 3 is 3.00 bits per heavy atom. The van der Waals surface area contributed by atoms with E-state index in [0.29, 0.717) is 16.3 Å². The second-order valence-corrected chi connectivity index (χ2v) is 4.83. The third-order valence-corrected chi connectivity index (χ3v) is 3.35. The maximum atomic E-state index is 12.0. The van der Waals surface area contributed by atoms with Gasteiger partial charge in [0.2, 0.25) is 0 Å². The lowest BCUT2D eigenvalue weighted by Gasteiger charge is -2.14. The molecule has 0 aliphatic carbocycles. The number of hydrogen-bond acceptors (Lipinski definition) is 3. The van der Waals surface area contributed by atoms with Gasteiger partial charge in [-0.25, -0.2) is 0 Å². The summed E-state index contributed by atoms with van der Waals surface area (Å²) in [7, 11) is 2.04. The van der Waals surface area contributed by atoms with Crippen LogP contribution in [0.5, 0.6) is 0 Å². The molecule has 1 heterocycles. The Labute approximate surface area is 106 Å². The van der Waals surface area contributed by atoms with Gasteiger partial charge in [-0.15, -0.1) is 0 Å². The second-order valence-electron chi connectivity index (χ2n) is 4.42. The maximum Gasteiger partial charge on any atom is 0.253 e. The lowest BCUT2D eigenvalue weighted by Crippen LogP contribution is -2.36. The second kappa shape index (κ2) is 4.94. The van der Waals surface area contributed by atoms with Crippen molar-refractivity contribution in [3.8, 4) is 0 Å². The molecule has 1 amide bonds. The number of nitrogen functional groups attached to an aromatic ring is 1. The predicted molar refractivity (Wildman–Crippen MR) is 69.2 cm³/mol. The SMILES string of the molecule is CN1CCC(NC(=O)c2cccc(Cl)c2N)C1. The van der Waals surface area contributed by atoms with Crippen LogP contribution in [-0.2, 0) is 0 Å². The normalized spacial score (nSPS) is 20.5. The molecule has 1 unspecified atom stereocenters. The lowest BCUT2D eigenvalue weighted by atomic mass is 10.1. The van der Waals surface area contributed by atoms with E-state index in [2.05, 4.69) is 10.2 Å². The van der Waals surface area contributed by atoms with Gasteiger partial charge in [-0.1, -0.05) is 17.7 Å². The molecule has 3 N–H and O–H groups in total. The Hall–Kier alpha value is -1.26. The summed E-state index contributed by atoms with van der Waals surface area (Å²) in [5.41, 5.74) is 6.58. The molecule has 2 rings (SSSR count). The Morgan fingerprint density at radius 2 is 2.35 bits per heavy atom. The number of nitrogens with one attached hydrogen (secondary N) is 1. The first kappa shape index (κ1) is 12.2. The predicted octanol–water partition coefficient (Wildman–Crippen LogP) is 1.36. The lowest BCUT2D eigenvalue weighted by molar-refractivity contribution is 0.0939. The summed E-state index contributed by atoms with van der Waals surface area (Å²) in [4.78, 5) is 14.2. The summed E-state index contributed by atoms with van der Waals surface area (Å²) in [6, 6.07) is 5.30. The van der Waals surface area contributed by atoms with E-state index in [1.54, 1.807) is 18.2 Å². The van der Waals surface area contributed by atoms with Gasteiger partial charge in [0.1, 0.15) is 0 Å². The van der Waals surface area contributed by atoms with E-state index >= 15 is 0 Å². The first-order chi connectivity index (χ1) is 8.08. The van der Waals surface area contributed by atoms with Gasteiger partial charge in [0.05, 0.1) is 16.3 Å². The number of benzene rings is 1. The summed E-state index contributed by atoms with van der Waals surface area (Å²) in [5.74, 6) is -0.148. The molecule has 1 aliphatic heterocycles. The van der Waals surface area contributed by atoms with Crippen molar-refractivity contribution in [2.75, 3.05) is 25.9 Å². The van der Waals surface area contributed by atoms with E-state index in [9.17, 15) is 4.79 Å². The van der Waals surface area contributed by atoms with Crippen molar-refractivity contribution in [2.45, 2.75) is 12.5 Å². The molecule has 92 valence electrons. The summed E-state index contributed by atoms with van der Waals surface area (Å²) < 4.78 is 0. The van der Waals surface area contributed by atoms with Crippen LogP contribution in [0.2, 0.25) is 5.02 Å². The van der Waals surface area contributed by atoms with Crippen LogP contribution < -0.4 is 11.1 Å².